The lowest BCUT2D eigenvalue weighted by Gasteiger charge is -2.06. The molecule has 68 valence electrons. The van der Waals surface area contributed by atoms with Crippen molar-refractivity contribution < 1.29 is 0 Å². The van der Waals surface area contributed by atoms with Crippen LogP contribution in [0.3, 0.4) is 0 Å². The topological polar surface area (TPSA) is 26.0 Å². The van der Waals surface area contributed by atoms with E-state index in [0.29, 0.717) is 5.92 Å². The quantitative estimate of drug-likeness (QED) is 0.716. The van der Waals surface area contributed by atoms with Crippen LogP contribution in [0.25, 0.3) is 0 Å². The van der Waals surface area contributed by atoms with Crippen molar-refractivity contribution in [2.45, 2.75) is 26.2 Å². The van der Waals surface area contributed by atoms with E-state index in [4.69, 9.17) is 0 Å². The lowest BCUT2D eigenvalue weighted by atomic mass is 9.99. The van der Waals surface area contributed by atoms with Gasteiger partial charge in [-0.15, -0.1) is 0 Å². The summed E-state index contributed by atoms with van der Waals surface area (Å²) in [6.45, 7) is 4.48. The highest BCUT2D eigenvalue weighted by atomic mass is 14.4. The smallest absolute Gasteiger partial charge is 0.0193 e. The lowest BCUT2D eigenvalue weighted by Crippen LogP contribution is -1.88. The van der Waals surface area contributed by atoms with E-state index in [2.05, 4.69) is 49.9 Å². The second-order valence-corrected chi connectivity index (χ2v) is 2.72. The van der Waals surface area contributed by atoms with E-state index in [-0.39, 0.29) is 0 Å². The average Bonchev–Trinajstić information content (AvgIpc) is 2.21. The summed E-state index contributed by atoms with van der Waals surface area (Å²) in [6, 6.07) is 10.6. The summed E-state index contributed by atoms with van der Waals surface area (Å²) in [7, 11) is 1.50. The fourth-order valence-electron chi connectivity index (χ4n) is 1.02. The molecule has 1 atom stereocenters. The first-order valence-corrected chi connectivity index (χ1v) is 4.47. The van der Waals surface area contributed by atoms with Crippen LogP contribution in [0.4, 0.5) is 0 Å². The van der Waals surface area contributed by atoms with E-state index in [1.165, 1.54) is 19.0 Å². The molecule has 0 radical (unpaired) electrons. The molecular formula is C11H19N. The first kappa shape index (κ1) is 11.2. The summed E-state index contributed by atoms with van der Waals surface area (Å²) in [5, 5.41) is 0. The van der Waals surface area contributed by atoms with Gasteiger partial charge < -0.3 is 5.73 Å². The van der Waals surface area contributed by atoms with E-state index in [9.17, 15) is 0 Å². The Bertz CT molecular complexity index is 181. The van der Waals surface area contributed by atoms with Gasteiger partial charge in [-0.3, -0.25) is 0 Å². The van der Waals surface area contributed by atoms with E-state index in [1.807, 2.05) is 0 Å². The predicted molar refractivity (Wildman–Crippen MR) is 55.3 cm³/mol. The molecule has 0 saturated heterocycles. The monoisotopic (exact) mass is 165 g/mol. The molecule has 0 aliphatic heterocycles. The zero-order valence-electron chi connectivity index (χ0n) is 8.25. The van der Waals surface area contributed by atoms with Crippen molar-refractivity contribution in [3.63, 3.8) is 0 Å². The number of nitrogens with two attached hydrogens (primary N) is 1. The van der Waals surface area contributed by atoms with Crippen LogP contribution in [0.2, 0.25) is 0 Å². The normalized spacial score (nSPS) is 11.3. The summed E-state index contributed by atoms with van der Waals surface area (Å²) in [4.78, 5) is 0. The molecule has 0 amide bonds. The van der Waals surface area contributed by atoms with E-state index in [1.54, 1.807) is 0 Å². The maximum Gasteiger partial charge on any atom is -0.0193 e. The van der Waals surface area contributed by atoms with Gasteiger partial charge in [0.05, 0.1) is 0 Å². The third kappa shape index (κ3) is 3.54. The average molecular weight is 165 g/mol. The molecule has 0 spiro atoms. The van der Waals surface area contributed by atoms with Crippen LogP contribution in [0.5, 0.6) is 0 Å². The molecule has 0 saturated carbocycles. The summed E-state index contributed by atoms with van der Waals surface area (Å²) >= 11 is 0. The van der Waals surface area contributed by atoms with Crippen LogP contribution in [-0.2, 0) is 0 Å². The Morgan fingerprint density at radius 3 is 2.08 bits per heavy atom. The van der Waals surface area contributed by atoms with Gasteiger partial charge in [-0.25, -0.2) is 0 Å². The van der Waals surface area contributed by atoms with Crippen LogP contribution in [0.15, 0.2) is 30.3 Å². The van der Waals surface area contributed by atoms with Gasteiger partial charge in [0.15, 0.2) is 0 Å². The molecule has 1 nitrogen and oxygen atoms in total. The van der Waals surface area contributed by atoms with Gasteiger partial charge >= 0.3 is 0 Å². The third-order valence-corrected chi connectivity index (χ3v) is 1.98. The maximum atomic E-state index is 4.50. The van der Waals surface area contributed by atoms with Crippen molar-refractivity contribution in [2.24, 2.45) is 5.73 Å². The highest BCUT2D eigenvalue weighted by Crippen LogP contribution is 2.16. The number of rotatable bonds is 2. The van der Waals surface area contributed by atoms with Crippen LogP contribution >= 0.6 is 0 Å². The van der Waals surface area contributed by atoms with Crippen molar-refractivity contribution in [3.8, 4) is 0 Å². The van der Waals surface area contributed by atoms with E-state index >= 15 is 0 Å². The zero-order chi connectivity index (χ0) is 9.40. The van der Waals surface area contributed by atoms with Gasteiger partial charge in [-0.1, -0.05) is 44.2 Å². The summed E-state index contributed by atoms with van der Waals surface area (Å²) < 4.78 is 0. The van der Waals surface area contributed by atoms with Crippen LogP contribution < -0.4 is 5.73 Å². The molecule has 1 aromatic carbocycles. The molecule has 0 aliphatic carbocycles. The summed E-state index contributed by atoms with van der Waals surface area (Å²) in [5.41, 5.74) is 5.95. The Kier molecular flexibility index (Phi) is 6.39. The van der Waals surface area contributed by atoms with E-state index < -0.39 is 0 Å². The van der Waals surface area contributed by atoms with Gasteiger partial charge in [0.25, 0.3) is 0 Å². The van der Waals surface area contributed by atoms with Gasteiger partial charge in [-0.2, -0.15) is 0 Å². The minimum atomic E-state index is 0.709. The zero-order valence-corrected chi connectivity index (χ0v) is 8.25. The number of hydrogen-bond acceptors (Lipinski definition) is 1. The largest absolute Gasteiger partial charge is 0.333 e. The molecule has 1 aromatic rings. The molecular weight excluding hydrogens is 146 g/mol. The van der Waals surface area contributed by atoms with Crippen molar-refractivity contribution in [1.29, 1.82) is 0 Å². The predicted octanol–water partition coefficient (Wildman–Crippen LogP) is 2.78. The summed E-state index contributed by atoms with van der Waals surface area (Å²) in [5.74, 6) is 0.709. The van der Waals surface area contributed by atoms with E-state index in [0.717, 1.165) is 0 Å². The molecule has 1 unspecified atom stereocenters. The third-order valence-electron chi connectivity index (χ3n) is 1.98. The molecule has 0 fully saturated rings. The molecule has 1 heteroatoms. The standard InChI is InChI=1S/C10H14.CH5N/c1-3-9(2)10-7-5-4-6-8-10;1-2/h4-9H,3H2,1-2H3;2H2,1H3. The highest BCUT2D eigenvalue weighted by Gasteiger charge is 1.98. The molecule has 2 N–H and O–H groups in total. The van der Waals surface area contributed by atoms with Crippen molar-refractivity contribution in [3.05, 3.63) is 35.9 Å². The molecule has 0 aromatic heterocycles. The van der Waals surface area contributed by atoms with Crippen molar-refractivity contribution in [2.75, 3.05) is 7.05 Å². The summed E-state index contributed by atoms with van der Waals surface area (Å²) in [6.07, 6.45) is 1.23. The maximum absolute atomic E-state index is 4.50. The Balaban J connectivity index is 0.000000561. The molecule has 1 rings (SSSR count). The van der Waals surface area contributed by atoms with Crippen LogP contribution in [-0.4, -0.2) is 7.05 Å². The second kappa shape index (κ2) is 6.86. The molecule has 12 heavy (non-hydrogen) atoms. The lowest BCUT2D eigenvalue weighted by molar-refractivity contribution is 0.733. The van der Waals surface area contributed by atoms with Crippen LogP contribution in [0, 0.1) is 0 Å². The number of hydrogen-bond donors (Lipinski definition) is 1. The Hall–Kier alpha value is -0.820. The minimum Gasteiger partial charge on any atom is -0.333 e. The minimum absolute atomic E-state index is 0.709. The first-order chi connectivity index (χ1) is 5.84. The molecule has 0 bridgehead atoms. The van der Waals surface area contributed by atoms with Gasteiger partial charge in [0, 0.05) is 0 Å². The van der Waals surface area contributed by atoms with Gasteiger partial charge in [-0.05, 0) is 24.9 Å². The highest BCUT2D eigenvalue weighted by molar-refractivity contribution is 5.18. The second-order valence-electron chi connectivity index (χ2n) is 2.72. The Morgan fingerprint density at radius 1 is 1.17 bits per heavy atom. The number of benzene rings is 1. The Morgan fingerprint density at radius 2 is 1.67 bits per heavy atom. The SMILES string of the molecule is CCC(C)c1ccccc1.CN. The van der Waals surface area contributed by atoms with Crippen molar-refractivity contribution in [1.82, 2.24) is 0 Å². The van der Waals surface area contributed by atoms with Gasteiger partial charge in [0.2, 0.25) is 0 Å². The first-order valence-electron chi connectivity index (χ1n) is 4.47. The molecule has 0 aliphatic rings. The van der Waals surface area contributed by atoms with Gasteiger partial charge in [0.1, 0.15) is 0 Å². The Labute approximate surface area is 75.6 Å². The molecule has 0 heterocycles. The fourth-order valence-corrected chi connectivity index (χ4v) is 1.02. The van der Waals surface area contributed by atoms with Crippen molar-refractivity contribution >= 4 is 0 Å². The fraction of sp³-hybridized carbons (Fsp3) is 0.455. The van der Waals surface area contributed by atoms with Crippen LogP contribution in [0.1, 0.15) is 31.7 Å².